The van der Waals surface area contributed by atoms with E-state index in [0.29, 0.717) is 23.9 Å². The highest BCUT2D eigenvalue weighted by atomic mass is 31.2. The molecule has 0 amide bonds. The van der Waals surface area contributed by atoms with Crippen LogP contribution >= 0.6 is 7.82 Å². The molecule has 0 spiro atoms. The fraction of sp³-hybridized carbons (Fsp3) is 0.475. The molecule has 10 heteroatoms. The van der Waals surface area contributed by atoms with Crippen LogP contribution in [-0.2, 0) is 32.7 Å². The predicted molar refractivity (Wildman–Crippen MR) is 389 cm³/mol. The first-order valence-corrected chi connectivity index (χ1v) is 35.3. The van der Waals surface area contributed by atoms with E-state index in [-0.39, 0.29) is 26.1 Å². The van der Waals surface area contributed by atoms with Crippen molar-refractivity contribution in [3.05, 3.63) is 243 Å². The summed E-state index contributed by atoms with van der Waals surface area (Å²) < 4.78 is 34.5. The molecular formula is C80H121NO8P+. The van der Waals surface area contributed by atoms with Gasteiger partial charge in [-0.1, -0.05) is 257 Å². The van der Waals surface area contributed by atoms with Crippen LogP contribution < -0.4 is 0 Å². The highest BCUT2D eigenvalue weighted by molar-refractivity contribution is 7.47. The van der Waals surface area contributed by atoms with Crippen molar-refractivity contribution in [2.75, 3.05) is 47.5 Å². The van der Waals surface area contributed by atoms with E-state index in [2.05, 4.69) is 257 Å². The van der Waals surface area contributed by atoms with Gasteiger partial charge in [-0.05, 0) is 167 Å². The van der Waals surface area contributed by atoms with Crippen molar-refractivity contribution < 1.29 is 42.1 Å². The molecule has 0 aliphatic carbocycles. The molecule has 0 heterocycles. The summed E-state index contributed by atoms with van der Waals surface area (Å²) in [6.07, 6.45) is 111. The Kier molecular flexibility index (Phi) is 62.6. The van der Waals surface area contributed by atoms with Crippen LogP contribution in [0, 0.1) is 0 Å². The van der Waals surface area contributed by atoms with Crippen LogP contribution in [0.3, 0.4) is 0 Å². The molecule has 0 aromatic carbocycles. The summed E-state index contributed by atoms with van der Waals surface area (Å²) in [6, 6.07) is 0. The highest BCUT2D eigenvalue weighted by Crippen LogP contribution is 2.43. The van der Waals surface area contributed by atoms with Crippen LogP contribution in [0.1, 0.15) is 194 Å². The number of phosphoric ester groups is 1. The third-order valence-corrected chi connectivity index (χ3v) is 13.9. The molecule has 0 saturated carbocycles. The molecule has 2 atom stereocenters. The summed E-state index contributed by atoms with van der Waals surface area (Å²) in [5.41, 5.74) is 0. The maximum Gasteiger partial charge on any atom is 0.472 e. The zero-order valence-electron chi connectivity index (χ0n) is 56.5. The highest BCUT2D eigenvalue weighted by Gasteiger charge is 2.27. The molecule has 0 saturated heterocycles. The number of esters is 2. The Labute approximate surface area is 549 Å². The van der Waals surface area contributed by atoms with Gasteiger partial charge in [0.05, 0.1) is 27.7 Å². The van der Waals surface area contributed by atoms with Crippen LogP contribution in [0.25, 0.3) is 0 Å². The van der Waals surface area contributed by atoms with Crippen molar-refractivity contribution in [1.82, 2.24) is 0 Å². The van der Waals surface area contributed by atoms with Crippen LogP contribution in [-0.4, -0.2) is 74.9 Å². The zero-order chi connectivity index (χ0) is 65.5. The fourth-order valence-electron chi connectivity index (χ4n) is 7.77. The smallest absolute Gasteiger partial charge is 0.462 e. The number of quaternary nitrogens is 1. The van der Waals surface area contributed by atoms with Gasteiger partial charge in [0.1, 0.15) is 19.8 Å². The third-order valence-electron chi connectivity index (χ3n) is 12.9. The largest absolute Gasteiger partial charge is 0.472 e. The predicted octanol–water partition coefficient (Wildman–Crippen LogP) is 22.4. The normalized spacial score (nSPS) is 14.7. The quantitative estimate of drug-likeness (QED) is 0.0211. The Morgan fingerprint density at radius 3 is 0.844 bits per heavy atom. The lowest BCUT2D eigenvalue weighted by Gasteiger charge is -2.24. The van der Waals surface area contributed by atoms with E-state index in [9.17, 15) is 19.0 Å². The van der Waals surface area contributed by atoms with Crippen molar-refractivity contribution >= 4 is 19.8 Å². The van der Waals surface area contributed by atoms with Crippen molar-refractivity contribution in [3.8, 4) is 0 Å². The van der Waals surface area contributed by atoms with Gasteiger partial charge in [0.25, 0.3) is 0 Å². The Hall–Kier alpha value is -6.19. The van der Waals surface area contributed by atoms with E-state index in [4.69, 9.17) is 18.5 Å². The molecule has 0 aromatic rings. The summed E-state index contributed by atoms with van der Waals surface area (Å²) in [5.74, 6) is -0.925. The van der Waals surface area contributed by atoms with Crippen molar-refractivity contribution in [3.63, 3.8) is 0 Å². The van der Waals surface area contributed by atoms with Gasteiger partial charge in [-0.3, -0.25) is 18.6 Å². The standard InChI is InChI=1S/C80H120NO8P/c1-6-8-10-12-14-16-18-20-22-24-26-28-30-32-34-35-36-37-38-39-40-41-42-43-44-45-47-49-51-53-55-57-59-61-63-65-67-69-71-73-80(83)89-78(77-88-90(84,85)87-75-74-81(3,4)5)76-86-79(82)72-70-68-66-64-62-60-58-56-54-52-50-48-46-33-31-29-27-25-23-21-19-17-15-13-11-9-7-2/h8-11,14-17,20-23,26-29,32-34,36-37,39-40,42-43,45-47,50-53,56-59,62-65,78H,6-7,12-13,18-19,24-25,30-31,35,38,41,44,48-49,54-55,60-61,66-77H2,1-5H3/p+1/b10-8-,11-9-,16-14-,17-15-,22-20-,23-21-,28-26-,29-27-,34-32-,37-36-,40-39-,43-42-,46-33-,47-45-,52-50-,53-51-,58-56-,59-57-,64-62-,65-63-. The number of carbonyl (C=O) groups is 2. The minimum Gasteiger partial charge on any atom is -0.462 e. The van der Waals surface area contributed by atoms with Crippen LogP contribution in [0.2, 0.25) is 0 Å². The van der Waals surface area contributed by atoms with E-state index in [0.717, 1.165) is 154 Å². The molecule has 9 nitrogen and oxygen atoms in total. The number of ether oxygens (including phenoxy) is 2. The Balaban J connectivity index is 4.34. The number of hydrogen-bond acceptors (Lipinski definition) is 7. The van der Waals surface area contributed by atoms with Gasteiger partial charge in [-0.15, -0.1) is 0 Å². The molecule has 0 aromatic heterocycles. The average molecular weight is 1260 g/mol. The van der Waals surface area contributed by atoms with Crippen molar-refractivity contribution in [1.29, 1.82) is 0 Å². The van der Waals surface area contributed by atoms with Gasteiger partial charge < -0.3 is 18.9 Å². The minimum absolute atomic E-state index is 0.000556. The number of phosphoric acid groups is 1. The van der Waals surface area contributed by atoms with Gasteiger partial charge in [0.2, 0.25) is 0 Å². The fourth-order valence-corrected chi connectivity index (χ4v) is 8.52. The van der Waals surface area contributed by atoms with Gasteiger partial charge in [0, 0.05) is 12.8 Å². The topological polar surface area (TPSA) is 108 Å². The molecule has 90 heavy (non-hydrogen) atoms. The molecule has 0 aliphatic rings. The molecule has 0 radical (unpaired) electrons. The molecule has 1 N–H and O–H groups in total. The summed E-state index contributed by atoms with van der Waals surface area (Å²) >= 11 is 0. The Morgan fingerprint density at radius 2 is 0.589 bits per heavy atom. The monoisotopic (exact) mass is 1250 g/mol. The van der Waals surface area contributed by atoms with E-state index in [1.807, 2.05) is 21.1 Å². The average Bonchev–Trinajstić information content (AvgIpc) is 3.58. The second-order valence-electron chi connectivity index (χ2n) is 22.4. The van der Waals surface area contributed by atoms with E-state index in [1.165, 1.54) is 0 Å². The van der Waals surface area contributed by atoms with Crippen LogP contribution in [0.4, 0.5) is 0 Å². The number of rotatable bonds is 58. The molecule has 498 valence electrons. The third kappa shape index (κ3) is 70.9. The first kappa shape index (κ1) is 83.8. The number of hydrogen-bond donors (Lipinski definition) is 1. The van der Waals surface area contributed by atoms with E-state index >= 15 is 0 Å². The lowest BCUT2D eigenvalue weighted by Crippen LogP contribution is -2.37. The van der Waals surface area contributed by atoms with Gasteiger partial charge in [-0.2, -0.15) is 0 Å². The summed E-state index contributed by atoms with van der Waals surface area (Å²) in [6.45, 7) is 4.05. The zero-order valence-corrected chi connectivity index (χ0v) is 57.4. The van der Waals surface area contributed by atoms with Crippen LogP contribution in [0.15, 0.2) is 243 Å². The second-order valence-corrected chi connectivity index (χ2v) is 23.8. The Morgan fingerprint density at radius 1 is 0.344 bits per heavy atom. The van der Waals surface area contributed by atoms with E-state index < -0.39 is 32.5 Å². The number of likely N-dealkylation sites (N-methyl/N-ethyl adjacent to an activating group) is 1. The molecular weight excluding hydrogens is 1130 g/mol. The van der Waals surface area contributed by atoms with Gasteiger partial charge in [0.15, 0.2) is 6.10 Å². The van der Waals surface area contributed by atoms with Gasteiger partial charge >= 0.3 is 19.8 Å². The maximum absolute atomic E-state index is 12.8. The second kappa shape index (κ2) is 67.2. The number of allylic oxidation sites excluding steroid dienone is 40. The molecule has 0 bridgehead atoms. The first-order valence-electron chi connectivity index (χ1n) is 33.8. The summed E-state index contributed by atoms with van der Waals surface area (Å²) in [5, 5.41) is 0. The van der Waals surface area contributed by atoms with Crippen LogP contribution in [0.5, 0.6) is 0 Å². The summed E-state index contributed by atoms with van der Waals surface area (Å²) in [4.78, 5) is 35.8. The molecule has 0 rings (SSSR count). The van der Waals surface area contributed by atoms with Crippen molar-refractivity contribution in [2.45, 2.75) is 200 Å². The molecule has 2 unspecified atom stereocenters. The molecule has 0 fully saturated rings. The summed E-state index contributed by atoms with van der Waals surface area (Å²) in [7, 11) is 1.38. The van der Waals surface area contributed by atoms with Gasteiger partial charge in [-0.25, -0.2) is 4.57 Å². The number of carbonyl (C=O) groups excluding carboxylic acids is 2. The lowest BCUT2D eigenvalue weighted by atomic mass is 10.1. The van der Waals surface area contributed by atoms with E-state index in [1.54, 1.807) is 0 Å². The maximum atomic E-state index is 12.8. The number of nitrogens with zero attached hydrogens (tertiary/aromatic N) is 1. The molecule has 0 aliphatic heterocycles. The minimum atomic E-state index is -4.43. The lowest BCUT2D eigenvalue weighted by molar-refractivity contribution is -0.870. The SMILES string of the molecule is CC/C=C\C/C=C\C/C=C\C/C=C\C/C=C\C/C=C\C/C=C\C/C=C\C/C=C\C/C=C\C/C=C\C/C=C\CCCCC(=O)OC(COC(=O)CCCC/C=C\C/C=C\C/C=C\C/C=C\C/C=C\C/C=C\C/C=C\C/C=C\CC)COP(=O)(O)OCC[N+](C)(C)C. The first-order chi connectivity index (χ1) is 44.0. The Bertz CT molecular complexity index is 2420. The number of unbranched alkanes of at least 4 members (excludes halogenated alkanes) is 4. The van der Waals surface area contributed by atoms with Crippen molar-refractivity contribution in [2.24, 2.45) is 0 Å².